The Morgan fingerprint density at radius 3 is 2.22 bits per heavy atom. The van der Waals surface area contributed by atoms with Crippen LogP contribution in [0, 0.1) is 0 Å². The van der Waals surface area contributed by atoms with E-state index in [4.69, 9.17) is 18.9 Å². The minimum Gasteiger partial charge on any atom is -0.493 e. The molecule has 0 radical (unpaired) electrons. The van der Waals surface area contributed by atoms with E-state index in [1.807, 2.05) is 0 Å². The highest BCUT2D eigenvalue weighted by molar-refractivity contribution is 5.89. The summed E-state index contributed by atoms with van der Waals surface area (Å²) in [5.74, 6) is 1.98. The van der Waals surface area contributed by atoms with Gasteiger partial charge in [0.15, 0.2) is 11.5 Å². The van der Waals surface area contributed by atoms with Crippen LogP contribution >= 0.6 is 0 Å². The number of piperidine rings is 2. The van der Waals surface area contributed by atoms with Gasteiger partial charge in [0, 0.05) is 26.2 Å². The van der Waals surface area contributed by atoms with Crippen molar-refractivity contribution in [3.63, 3.8) is 0 Å². The molecule has 0 saturated carbocycles. The molecule has 0 atom stereocenters. The van der Waals surface area contributed by atoms with Crippen LogP contribution in [0.5, 0.6) is 11.5 Å². The van der Waals surface area contributed by atoms with Gasteiger partial charge in [0.2, 0.25) is 23.6 Å². The Hall–Kier alpha value is -4.15. The lowest BCUT2D eigenvalue weighted by molar-refractivity contribution is 0.0696. The van der Waals surface area contributed by atoms with Crippen LogP contribution in [-0.4, -0.2) is 60.4 Å². The maximum absolute atomic E-state index is 12.2. The maximum Gasteiger partial charge on any atom is 0.379 e. The Morgan fingerprint density at radius 2 is 1.62 bits per heavy atom. The Kier molecular flexibility index (Phi) is 7.78. The quantitative estimate of drug-likeness (QED) is 0.207. The van der Waals surface area contributed by atoms with Gasteiger partial charge in [-0.3, -0.25) is 0 Å². The molecule has 2 aliphatic rings. The zero-order valence-electron chi connectivity index (χ0n) is 20.9. The Bertz CT molecular complexity index is 1180. The van der Waals surface area contributed by atoms with Crippen LogP contribution in [0.4, 0.5) is 17.8 Å². The Morgan fingerprint density at radius 1 is 0.946 bits per heavy atom. The number of hydrogen-bond acceptors (Lipinski definition) is 11. The standard InChI is InChI=1S/C26H31N7O4/c1-35-22-17-19(10-11-20(22)37-23(34)21-9-8-16-36-21)18-27-31-24-28-25(32-12-4-2-5-13-32)30-26(29-24)33-14-6-3-7-15-33/h8-11,16-18H,2-7,12-15H2,1H3,(H,28,29,30,31). The van der Waals surface area contributed by atoms with Gasteiger partial charge in [0.25, 0.3) is 0 Å². The van der Waals surface area contributed by atoms with Crippen molar-refractivity contribution in [3.05, 3.63) is 47.9 Å². The van der Waals surface area contributed by atoms with Gasteiger partial charge in [0.1, 0.15) is 0 Å². The molecule has 0 spiro atoms. The fourth-order valence-electron chi connectivity index (χ4n) is 4.43. The third-order valence-corrected chi connectivity index (χ3v) is 6.38. The summed E-state index contributed by atoms with van der Waals surface area (Å²) in [7, 11) is 1.51. The summed E-state index contributed by atoms with van der Waals surface area (Å²) in [4.78, 5) is 30.7. The molecular weight excluding hydrogens is 474 g/mol. The first-order valence-electron chi connectivity index (χ1n) is 12.7. The van der Waals surface area contributed by atoms with E-state index >= 15 is 0 Å². The predicted molar refractivity (Wildman–Crippen MR) is 140 cm³/mol. The molecule has 0 bridgehead atoms. The van der Waals surface area contributed by atoms with Crippen molar-refractivity contribution in [2.24, 2.45) is 5.10 Å². The summed E-state index contributed by atoms with van der Waals surface area (Å²) in [6.45, 7) is 3.79. The number of nitrogens with one attached hydrogen (secondary N) is 1. The summed E-state index contributed by atoms with van der Waals surface area (Å²) >= 11 is 0. The second-order valence-electron chi connectivity index (χ2n) is 9.00. The summed E-state index contributed by atoms with van der Waals surface area (Å²) in [6.07, 6.45) is 10.1. The lowest BCUT2D eigenvalue weighted by Gasteiger charge is -2.30. The first kappa shape index (κ1) is 24.5. The highest BCUT2D eigenvalue weighted by Gasteiger charge is 2.20. The number of hydrazone groups is 1. The van der Waals surface area contributed by atoms with E-state index in [0.717, 1.165) is 57.4 Å². The van der Waals surface area contributed by atoms with Gasteiger partial charge < -0.3 is 23.7 Å². The van der Waals surface area contributed by atoms with Crippen molar-refractivity contribution < 1.29 is 18.7 Å². The smallest absolute Gasteiger partial charge is 0.379 e. The number of aromatic nitrogens is 3. The zero-order valence-corrected chi connectivity index (χ0v) is 20.9. The molecule has 0 unspecified atom stereocenters. The number of esters is 1. The largest absolute Gasteiger partial charge is 0.493 e. The SMILES string of the molecule is COc1cc(C=NNc2nc(N3CCCCC3)nc(N3CCCCC3)n2)ccc1OC(=O)c1ccco1. The molecular formula is C26H31N7O4. The summed E-state index contributed by atoms with van der Waals surface area (Å²) in [6, 6.07) is 8.30. The first-order valence-corrected chi connectivity index (χ1v) is 12.7. The third kappa shape index (κ3) is 6.16. The van der Waals surface area contributed by atoms with Crippen LogP contribution in [-0.2, 0) is 0 Å². The van der Waals surface area contributed by atoms with Crippen molar-refractivity contribution >= 4 is 30.0 Å². The number of furan rings is 1. The van der Waals surface area contributed by atoms with Gasteiger partial charge in [-0.25, -0.2) is 10.2 Å². The fourth-order valence-corrected chi connectivity index (χ4v) is 4.43. The van der Waals surface area contributed by atoms with Crippen molar-refractivity contribution in [2.75, 3.05) is 48.5 Å². The molecule has 1 aromatic carbocycles. The molecule has 0 aliphatic carbocycles. The maximum atomic E-state index is 12.2. The summed E-state index contributed by atoms with van der Waals surface area (Å²) in [5.41, 5.74) is 3.71. The van der Waals surface area contributed by atoms with Gasteiger partial charge in [-0.15, -0.1) is 0 Å². The molecule has 2 saturated heterocycles. The molecule has 0 amide bonds. The Balaban J connectivity index is 1.31. The van der Waals surface area contributed by atoms with Gasteiger partial charge in [-0.2, -0.15) is 20.1 Å². The zero-order chi connectivity index (χ0) is 25.5. The monoisotopic (exact) mass is 505 g/mol. The van der Waals surface area contributed by atoms with Crippen molar-refractivity contribution in [1.82, 2.24) is 15.0 Å². The second kappa shape index (κ2) is 11.7. The van der Waals surface area contributed by atoms with E-state index in [-0.39, 0.29) is 11.5 Å². The minimum atomic E-state index is -0.602. The van der Waals surface area contributed by atoms with Crippen LogP contribution in [0.2, 0.25) is 0 Å². The van der Waals surface area contributed by atoms with Crippen LogP contribution in [0.15, 0.2) is 46.1 Å². The van der Waals surface area contributed by atoms with Crippen molar-refractivity contribution in [3.8, 4) is 11.5 Å². The summed E-state index contributed by atoms with van der Waals surface area (Å²) < 4.78 is 15.9. The van der Waals surface area contributed by atoms with Crippen LogP contribution in [0.25, 0.3) is 0 Å². The van der Waals surface area contributed by atoms with E-state index < -0.39 is 5.97 Å². The number of carbonyl (C=O) groups is 1. The number of methoxy groups -OCH3 is 1. The lowest BCUT2D eigenvalue weighted by Crippen LogP contribution is -2.34. The second-order valence-corrected chi connectivity index (χ2v) is 9.00. The van der Waals surface area contributed by atoms with E-state index in [2.05, 4.69) is 30.3 Å². The van der Waals surface area contributed by atoms with Gasteiger partial charge in [-0.05, 0) is 74.4 Å². The number of anilines is 3. The number of ether oxygens (including phenoxy) is 2. The number of rotatable bonds is 8. The van der Waals surface area contributed by atoms with Crippen LogP contribution in [0.3, 0.4) is 0 Å². The number of benzene rings is 1. The fraction of sp³-hybridized carbons (Fsp3) is 0.423. The van der Waals surface area contributed by atoms with E-state index in [1.165, 1.54) is 32.3 Å². The van der Waals surface area contributed by atoms with Gasteiger partial charge in [0.05, 0.1) is 19.6 Å². The molecule has 5 rings (SSSR count). The molecule has 2 aromatic heterocycles. The molecule has 3 aromatic rings. The molecule has 11 heteroatoms. The number of hydrogen-bond donors (Lipinski definition) is 1. The van der Waals surface area contributed by atoms with Crippen LogP contribution < -0.4 is 24.7 Å². The average Bonchev–Trinajstić information content (AvgIpc) is 3.50. The lowest BCUT2D eigenvalue weighted by atomic mass is 10.1. The summed E-state index contributed by atoms with van der Waals surface area (Å²) in [5, 5.41) is 4.35. The van der Waals surface area contributed by atoms with E-state index in [9.17, 15) is 4.79 Å². The molecule has 4 heterocycles. The molecule has 2 aliphatic heterocycles. The number of nitrogens with zero attached hydrogens (tertiary/aromatic N) is 6. The van der Waals surface area contributed by atoms with Gasteiger partial charge in [-0.1, -0.05) is 0 Å². The molecule has 37 heavy (non-hydrogen) atoms. The van der Waals surface area contributed by atoms with E-state index in [0.29, 0.717) is 23.6 Å². The topological polar surface area (TPSA) is 118 Å². The normalized spacial score (nSPS) is 16.1. The van der Waals surface area contributed by atoms with Crippen molar-refractivity contribution in [1.29, 1.82) is 0 Å². The average molecular weight is 506 g/mol. The first-order chi connectivity index (χ1) is 18.2. The predicted octanol–water partition coefficient (Wildman–Crippen LogP) is 4.12. The minimum absolute atomic E-state index is 0.113. The van der Waals surface area contributed by atoms with E-state index in [1.54, 1.807) is 30.5 Å². The highest BCUT2D eigenvalue weighted by atomic mass is 16.6. The number of carbonyl (C=O) groups excluding carboxylic acids is 1. The van der Waals surface area contributed by atoms with Crippen molar-refractivity contribution in [2.45, 2.75) is 38.5 Å². The molecule has 11 nitrogen and oxygen atoms in total. The Labute approximate surface area is 215 Å². The third-order valence-electron chi connectivity index (χ3n) is 6.38. The van der Waals surface area contributed by atoms with Crippen LogP contribution in [0.1, 0.15) is 54.6 Å². The molecule has 194 valence electrons. The van der Waals surface area contributed by atoms with Gasteiger partial charge >= 0.3 is 5.97 Å². The molecule has 1 N–H and O–H groups in total. The molecule has 2 fully saturated rings. The highest BCUT2D eigenvalue weighted by Crippen LogP contribution is 2.28.